The highest BCUT2D eigenvalue weighted by Crippen LogP contribution is 2.29. The van der Waals surface area contributed by atoms with Gasteiger partial charge in [0, 0.05) is 23.3 Å². The molecule has 3 N–H and O–H groups in total. The Morgan fingerprint density at radius 2 is 2.30 bits per heavy atom. The first-order chi connectivity index (χ1) is 9.58. The fourth-order valence-corrected chi connectivity index (χ4v) is 2.23. The minimum atomic E-state index is -0.260. The molecule has 0 bridgehead atoms. The number of halogens is 1. The van der Waals surface area contributed by atoms with E-state index < -0.39 is 0 Å². The van der Waals surface area contributed by atoms with Crippen LogP contribution in [-0.2, 0) is 9.53 Å². The van der Waals surface area contributed by atoms with E-state index in [2.05, 4.69) is 26.2 Å². The van der Waals surface area contributed by atoms with E-state index in [1.165, 1.54) is 6.92 Å². The highest BCUT2D eigenvalue weighted by Gasteiger charge is 2.06. The summed E-state index contributed by atoms with van der Waals surface area (Å²) in [6.07, 6.45) is 2.36. The van der Waals surface area contributed by atoms with Crippen molar-refractivity contribution in [3.05, 3.63) is 28.9 Å². The van der Waals surface area contributed by atoms with Gasteiger partial charge in [0.2, 0.25) is 0 Å². The van der Waals surface area contributed by atoms with Gasteiger partial charge in [0.15, 0.2) is 0 Å². The number of carbonyl (C=O) groups is 1. The van der Waals surface area contributed by atoms with Crippen LogP contribution < -0.4 is 11.1 Å². The second kappa shape index (κ2) is 6.56. The lowest BCUT2D eigenvalue weighted by molar-refractivity contribution is -0.140. The Morgan fingerprint density at radius 1 is 1.50 bits per heavy atom. The molecule has 20 heavy (non-hydrogen) atoms. The van der Waals surface area contributed by atoms with Gasteiger partial charge in [0.05, 0.1) is 29.7 Å². The molecular formula is C14H16BrN3O2. The Kier molecular flexibility index (Phi) is 4.79. The van der Waals surface area contributed by atoms with E-state index in [1.54, 1.807) is 6.20 Å². The minimum absolute atomic E-state index is 0.260. The van der Waals surface area contributed by atoms with Crippen molar-refractivity contribution in [3.63, 3.8) is 0 Å². The van der Waals surface area contributed by atoms with Crippen molar-refractivity contribution in [3.8, 4) is 0 Å². The summed E-state index contributed by atoms with van der Waals surface area (Å²) in [5.41, 5.74) is 8.31. The molecule has 6 heteroatoms. The summed E-state index contributed by atoms with van der Waals surface area (Å²) in [6, 6.07) is 5.86. The average Bonchev–Trinajstić information content (AvgIpc) is 2.40. The van der Waals surface area contributed by atoms with E-state index >= 15 is 0 Å². The SMILES string of the molecule is CC(=O)OCCCNc1c(N)cnc2cc(Br)ccc12. The zero-order valence-corrected chi connectivity index (χ0v) is 12.7. The number of esters is 1. The summed E-state index contributed by atoms with van der Waals surface area (Å²) in [5.74, 6) is -0.260. The number of nitrogens with one attached hydrogen (secondary N) is 1. The maximum atomic E-state index is 10.7. The normalized spacial score (nSPS) is 10.5. The van der Waals surface area contributed by atoms with Crippen LogP contribution in [0.25, 0.3) is 10.9 Å². The Labute approximate surface area is 125 Å². The molecule has 0 spiro atoms. The van der Waals surface area contributed by atoms with Crippen LogP contribution in [0.5, 0.6) is 0 Å². The molecule has 106 valence electrons. The van der Waals surface area contributed by atoms with Gasteiger partial charge in [0.1, 0.15) is 0 Å². The first-order valence-electron chi connectivity index (χ1n) is 6.29. The Balaban J connectivity index is 2.08. The molecular weight excluding hydrogens is 322 g/mol. The number of nitrogens with two attached hydrogens (primary N) is 1. The number of carbonyl (C=O) groups excluding carboxylic acids is 1. The number of anilines is 2. The fourth-order valence-electron chi connectivity index (χ4n) is 1.88. The van der Waals surface area contributed by atoms with E-state index in [1.807, 2.05) is 18.2 Å². The van der Waals surface area contributed by atoms with Crippen molar-refractivity contribution in [2.75, 3.05) is 24.2 Å². The number of hydrogen-bond donors (Lipinski definition) is 2. The van der Waals surface area contributed by atoms with Crippen LogP contribution in [-0.4, -0.2) is 24.1 Å². The largest absolute Gasteiger partial charge is 0.466 e. The number of hydrogen-bond acceptors (Lipinski definition) is 5. The van der Waals surface area contributed by atoms with Crippen LogP contribution >= 0.6 is 15.9 Å². The Bertz CT molecular complexity index is 631. The van der Waals surface area contributed by atoms with E-state index in [0.29, 0.717) is 18.8 Å². The van der Waals surface area contributed by atoms with Gasteiger partial charge in [-0.25, -0.2) is 0 Å². The van der Waals surface area contributed by atoms with Crippen molar-refractivity contribution in [2.24, 2.45) is 0 Å². The van der Waals surface area contributed by atoms with Crippen LogP contribution in [0, 0.1) is 0 Å². The van der Waals surface area contributed by atoms with Crippen molar-refractivity contribution >= 4 is 44.2 Å². The third-order valence-electron chi connectivity index (χ3n) is 2.79. The molecule has 1 aromatic heterocycles. The number of nitrogen functional groups attached to an aromatic ring is 1. The topological polar surface area (TPSA) is 77.2 Å². The summed E-state index contributed by atoms with van der Waals surface area (Å²) in [6.45, 7) is 2.48. The third-order valence-corrected chi connectivity index (χ3v) is 3.28. The van der Waals surface area contributed by atoms with Crippen LogP contribution in [0.1, 0.15) is 13.3 Å². The number of benzene rings is 1. The van der Waals surface area contributed by atoms with E-state index in [4.69, 9.17) is 10.5 Å². The molecule has 0 fully saturated rings. The lowest BCUT2D eigenvalue weighted by Crippen LogP contribution is -2.09. The zero-order valence-electron chi connectivity index (χ0n) is 11.1. The number of ether oxygens (including phenoxy) is 1. The second-order valence-electron chi connectivity index (χ2n) is 4.37. The molecule has 5 nitrogen and oxygen atoms in total. The number of nitrogens with zero attached hydrogens (tertiary/aromatic N) is 1. The van der Waals surface area contributed by atoms with Gasteiger partial charge in [-0.15, -0.1) is 0 Å². The molecule has 1 aromatic carbocycles. The summed E-state index contributed by atoms with van der Waals surface area (Å²) in [4.78, 5) is 15.0. The molecule has 0 aliphatic carbocycles. The highest BCUT2D eigenvalue weighted by molar-refractivity contribution is 9.10. The van der Waals surface area contributed by atoms with Crippen LogP contribution in [0.4, 0.5) is 11.4 Å². The highest BCUT2D eigenvalue weighted by atomic mass is 79.9. The van der Waals surface area contributed by atoms with Crippen molar-refractivity contribution in [1.82, 2.24) is 4.98 Å². The zero-order chi connectivity index (χ0) is 14.5. The van der Waals surface area contributed by atoms with Crippen LogP contribution in [0.3, 0.4) is 0 Å². The quantitative estimate of drug-likeness (QED) is 0.647. The predicted molar refractivity (Wildman–Crippen MR) is 83.6 cm³/mol. The molecule has 0 amide bonds. The third kappa shape index (κ3) is 3.60. The van der Waals surface area contributed by atoms with Crippen molar-refractivity contribution in [1.29, 1.82) is 0 Å². The molecule has 0 aliphatic heterocycles. The Morgan fingerprint density at radius 3 is 3.05 bits per heavy atom. The number of aromatic nitrogens is 1. The average molecular weight is 338 g/mol. The molecule has 0 unspecified atom stereocenters. The molecule has 1 heterocycles. The lowest BCUT2D eigenvalue weighted by Gasteiger charge is -2.12. The van der Waals surface area contributed by atoms with Gasteiger partial charge in [-0.1, -0.05) is 15.9 Å². The van der Waals surface area contributed by atoms with Crippen LogP contribution in [0.15, 0.2) is 28.9 Å². The summed E-state index contributed by atoms with van der Waals surface area (Å²) < 4.78 is 5.86. The first-order valence-corrected chi connectivity index (χ1v) is 7.08. The van der Waals surface area contributed by atoms with E-state index in [9.17, 15) is 4.79 Å². The molecule has 0 atom stereocenters. The molecule has 2 aromatic rings. The summed E-state index contributed by atoms with van der Waals surface area (Å²) in [7, 11) is 0. The minimum Gasteiger partial charge on any atom is -0.466 e. The van der Waals surface area contributed by atoms with Gasteiger partial charge >= 0.3 is 5.97 Å². The van der Waals surface area contributed by atoms with Crippen molar-refractivity contribution < 1.29 is 9.53 Å². The molecule has 0 radical (unpaired) electrons. The first kappa shape index (κ1) is 14.6. The van der Waals surface area contributed by atoms with Crippen LogP contribution in [0.2, 0.25) is 0 Å². The standard InChI is InChI=1S/C14H16BrN3O2/c1-9(19)20-6-2-5-17-14-11-4-3-10(15)7-13(11)18-8-12(14)16/h3-4,7-8H,2,5-6,16H2,1H3,(H,17,18). The van der Waals surface area contributed by atoms with Crippen molar-refractivity contribution in [2.45, 2.75) is 13.3 Å². The predicted octanol–water partition coefficient (Wildman–Crippen LogP) is 2.94. The number of rotatable bonds is 5. The van der Waals surface area contributed by atoms with E-state index in [-0.39, 0.29) is 5.97 Å². The van der Waals surface area contributed by atoms with Gasteiger partial charge in [-0.2, -0.15) is 0 Å². The maximum absolute atomic E-state index is 10.7. The smallest absolute Gasteiger partial charge is 0.302 e. The molecule has 2 rings (SSSR count). The summed E-state index contributed by atoms with van der Waals surface area (Å²) >= 11 is 3.42. The van der Waals surface area contributed by atoms with Gasteiger partial charge in [-0.3, -0.25) is 9.78 Å². The van der Waals surface area contributed by atoms with Gasteiger partial charge in [0.25, 0.3) is 0 Å². The number of pyridine rings is 1. The molecule has 0 aliphatic rings. The van der Waals surface area contributed by atoms with E-state index in [0.717, 1.165) is 27.5 Å². The fraction of sp³-hybridized carbons (Fsp3) is 0.286. The van der Waals surface area contributed by atoms with Gasteiger partial charge < -0.3 is 15.8 Å². The molecule has 0 saturated heterocycles. The molecule has 0 saturated carbocycles. The Hall–Kier alpha value is -1.82. The monoisotopic (exact) mass is 337 g/mol. The lowest BCUT2D eigenvalue weighted by atomic mass is 10.1. The number of fused-ring (bicyclic) bond motifs is 1. The maximum Gasteiger partial charge on any atom is 0.302 e. The second-order valence-corrected chi connectivity index (χ2v) is 5.29. The summed E-state index contributed by atoms with van der Waals surface area (Å²) in [5, 5.41) is 4.25. The van der Waals surface area contributed by atoms with Gasteiger partial charge in [-0.05, 0) is 24.6 Å².